The van der Waals surface area contributed by atoms with Gasteiger partial charge < -0.3 is 0 Å². The first kappa shape index (κ1) is 12.3. The lowest BCUT2D eigenvalue weighted by molar-refractivity contribution is -0.0452. The number of rotatable bonds is 4. The Labute approximate surface area is 95.7 Å². The van der Waals surface area contributed by atoms with Crippen LogP contribution in [0.3, 0.4) is 0 Å². The first-order valence-electron chi connectivity index (χ1n) is 5.05. The summed E-state index contributed by atoms with van der Waals surface area (Å²) in [5.41, 5.74) is 6.01. The lowest BCUT2D eigenvalue weighted by Gasteiger charge is -2.32. The minimum absolute atomic E-state index is 0.553. The van der Waals surface area contributed by atoms with Gasteiger partial charge in [0.25, 0.3) is 0 Å². The zero-order valence-corrected chi connectivity index (χ0v) is 10.2. The van der Waals surface area contributed by atoms with Crippen molar-refractivity contribution < 1.29 is 0 Å². The zero-order chi connectivity index (χ0) is 11.3. The summed E-state index contributed by atoms with van der Waals surface area (Å²) in [7, 11) is 3.80. The van der Waals surface area contributed by atoms with Crippen molar-refractivity contribution in [2.24, 2.45) is 4.99 Å². The normalized spacial score (nSPS) is 20.1. The maximum absolute atomic E-state index is 5.92. The highest BCUT2D eigenvalue weighted by atomic mass is 35.5. The van der Waals surface area contributed by atoms with Crippen LogP contribution in [0.1, 0.15) is 19.8 Å². The molecule has 1 rings (SSSR count). The third kappa shape index (κ3) is 4.07. The maximum Gasteiger partial charge on any atom is 0.141 e. The summed E-state index contributed by atoms with van der Waals surface area (Å²) in [5, 5.41) is 4.07. The molecule has 0 aromatic heterocycles. The van der Waals surface area contributed by atoms with Gasteiger partial charge in [-0.3, -0.25) is 15.8 Å². The Morgan fingerprint density at radius 3 is 2.80 bits per heavy atom. The smallest absolute Gasteiger partial charge is 0.141 e. The van der Waals surface area contributed by atoms with Crippen molar-refractivity contribution in [3.63, 3.8) is 0 Å². The van der Waals surface area contributed by atoms with Crippen LogP contribution in [0.25, 0.3) is 0 Å². The van der Waals surface area contributed by atoms with Gasteiger partial charge in [0.2, 0.25) is 0 Å². The molecule has 1 aliphatic heterocycles. The minimum Gasteiger partial charge on any atom is -0.277 e. The fraction of sp³-hybridized carbons (Fsp3) is 0.667. The molecule has 0 atom stereocenters. The van der Waals surface area contributed by atoms with Crippen molar-refractivity contribution in [3.05, 3.63) is 11.2 Å². The zero-order valence-electron chi connectivity index (χ0n) is 9.42. The second kappa shape index (κ2) is 5.95. The van der Waals surface area contributed by atoms with E-state index in [1.807, 2.05) is 19.1 Å². The summed E-state index contributed by atoms with van der Waals surface area (Å²) in [4.78, 5) is 4.39. The second-order valence-electron chi connectivity index (χ2n) is 3.50. The Hall–Kier alpha value is -0.780. The Morgan fingerprint density at radius 2 is 2.20 bits per heavy atom. The number of aliphatic imine (C=N–C) groups is 1. The van der Waals surface area contributed by atoms with E-state index < -0.39 is 0 Å². The highest BCUT2D eigenvalue weighted by molar-refractivity contribution is 6.31. The number of nitrogens with zero attached hydrogens (tertiary/aromatic N) is 3. The second-order valence-corrected chi connectivity index (χ2v) is 3.90. The molecule has 0 aromatic rings. The standard InChI is InChI=1S/C9H18ClN5/c1-4-5-6-11-9-7-8(10)12-15(13-9)14(2)3/h7,12H,4-6H2,1-3H3,(H,11,13). The molecule has 0 aromatic carbocycles. The number of amidine groups is 1. The van der Waals surface area contributed by atoms with Gasteiger partial charge in [0.05, 0.1) is 0 Å². The van der Waals surface area contributed by atoms with Gasteiger partial charge in [-0.1, -0.05) is 30.2 Å². The molecule has 0 unspecified atom stereocenters. The molecular formula is C9H18ClN5. The quantitative estimate of drug-likeness (QED) is 0.561. The fourth-order valence-corrected chi connectivity index (χ4v) is 1.24. The van der Waals surface area contributed by atoms with Crippen LogP contribution >= 0.6 is 11.6 Å². The highest BCUT2D eigenvalue weighted by Gasteiger charge is 2.14. The number of nitrogens with one attached hydrogen (secondary N) is 2. The summed E-state index contributed by atoms with van der Waals surface area (Å²) in [5.74, 6) is 0.779. The predicted molar refractivity (Wildman–Crippen MR) is 62.9 cm³/mol. The molecule has 0 saturated carbocycles. The lowest BCUT2D eigenvalue weighted by atomic mass is 10.3. The molecule has 0 saturated heterocycles. The van der Waals surface area contributed by atoms with E-state index >= 15 is 0 Å². The number of hydrogen-bond acceptors (Lipinski definition) is 4. The minimum atomic E-state index is 0.553. The molecule has 15 heavy (non-hydrogen) atoms. The van der Waals surface area contributed by atoms with E-state index in [1.165, 1.54) is 0 Å². The molecule has 0 aliphatic carbocycles. The maximum atomic E-state index is 5.92. The molecule has 1 aliphatic rings. The lowest BCUT2D eigenvalue weighted by Crippen LogP contribution is -2.58. The van der Waals surface area contributed by atoms with Crippen LogP contribution in [0, 0.1) is 0 Å². The molecule has 6 heteroatoms. The van der Waals surface area contributed by atoms with Crippen molar-refractivity contribution in [1.29, 1.82) is 0 Å². The van der Waals surface area contributed by atoms with Gasteiger partial charge in [-0.05, 0) is 6.42 Å². The Kier molecular flexibility index (Phi) is 4.87. The predicted octanol–water partition coefficient (Wildman–Crippen LogP) is 1.07. The van der Waals surface area contributed by atoms with Gasteiger partial charge >= 0.3 is 0 Å². The monoisotopic (exact) mass is 231 g/mol. The van der Waals surface area contributed by atoms with E-state index in [4.69, 9.17) is 11.6 Å². The first-order valence-corrected chi connectivity index (χ1v) is 5.43. The van der Waals surface area contributed by atoms with Crippen LogP contribution in [0.15, 0.2) is 16.2 Å². The van der Waals surface area contributed by atoms with Crippen LogP contribution in [0.4, 0.5) is 0 Å². The van der Waals surface area contributed by atoms with Crippen LogP contribution in [0.2, 0.25) is 0 Å². The SMILES string of the molecule is CCCCN=C1C=C(Cl)NN(N(C)C)N1. The molecule has 0 bridgehead atoms. The summed E-state index contributed by atoms with van der Waals surface area (Å²) >= 11 is 5.92. The topological polar surface area (TPSA) is 42.9 Å². The van der Waals surface area contributed by atoms with Gasteiger partial charge in [-0.15, -0.1) is 0 Å². The molecule has 0 fully saturated rings. The highest BCUT2D eigenvalue weighted by Crippen LogP contribution is 2.03. The average Bonchev–Trinajstić information content (AvgIpc) is 2.17. The van der Waals surface area contributed by atoms with Gasteiger partial charge in [0, 0.05) is 26.7 Å². The summed E-state index contributed by atoms with van der Waals surface area (Å²) in [6, 6.07) is 0. The summed E-state index contributed by atoms with van der Waals surface area (Å²) in [6.45, 7) is 2.96. The number of unbranched alkanes of at least 4 members (excludes halogenated alkanes) is 1. The van der Waals surface area contributed by atoms with Crippen LogP contribution in [-0.2, 0) is 0 Å². The van der Waals surface area contributed by atoms with Gasteiger partial charge in [-0.2, -0.15) is 0 Å². The fourth-order valence-electron chi connectivity index (χ4n) is 1.06. The summed E-state index contributed by atoms with van der Waals surface area (Å²) in [6.07, 6.45) is 4.01. The van der Waals surface area contributed by atoms with Crippen LogP contribution in [0.5, 0.6) is 0 Å². The van der Waals surface area contributed by atoms with Gasteiger partial charge in [0.1, 0.15) is 11.0 Å². The van der Waals surface area contributed by atoms with E-state index in [1.54, 1.807) is 11.3 Å². The molecule has 2 N–H and O–H groups in total. The van der Waals surface area contributed by atoms with Gasteiger partial charge in [0.15, 0.2) is 0 Å². The molecule has 0 radical (unpaired) electrons. The molecule has 0 amide bonds. The Morgan fingerprint density at radius 1 is 1.47 bits per heavy atom. The summed E-state index contributed by atoms with van der Waals surface area (Å²) < 4.78 is 0. The third-order valence-electron chi connectivity index (χ3n) is 1.89. The van der Waals surface area contributed by atoms with Gasteiger partial charge in [-0.25, -0.2) is 5.01 Å². The molecule has 1 heterocycles. The van der Waals surface area contributed by atoms with Crippen molar-refractivity contribution >= 4 is 17.4 Å². The van der Waals surface area contributed by atoms with E-state index in [2.05, 4.69) is 22.8 Å². The molecular weight excluding hydrogens is 214 g/mol. The first-order chi connectivity index (χ1) is 7.13. The van der Waals surface area contributed by atoms with Crippen molar-refractivity contribution in [2.75, 3.05) is 20.6 Å². The van der Waals surface area contributed by atoms with Crippen LogP contribution in [-0.4, -0.2) is 36.7 Å². The van der Waals surface area contributed by atoms with Crippen molar-refractivity contribution in [2.45, 2.75) is 19.8 Å². The number of halogens is 1. The largest absolute Gasteiger partial charge is 0.277 e. The third-order valence-corrected chi connectivity index (χ3v) is 2.08. The Bertz CT molecular complexity index is 261. The number of hydrogen-bond donors (Lipinski definition) is 2. The Balaban J connectivity index is 2.58. The van der Waals surface area contributed by atoms with E-state index in [0.717, 1.165) is 25.2 Å². The van der Waals surface area contributed by atoms with E-state index in [9.17, 15) is 0 Å². The van der Waals surface area contributed by atoms with Crippen LogP contribution < -0.4 is 10.9 Å². The number of hydrazine groups is 3. The molecule has 0 spiro atoms. The molecule has 5 nitrogen and oxygen atoms in total. The van der Waals surface area contributed by atoms with Crippen molar-refractivity contribution in [3.8, 4) is 0 Å². The van der Waals surface area contributed by atoms with E-state index in [0.29, 0.717) is 5.16 Å². The average molecular weight is 232 g/mol. The molecule has 86 valence electrons. The van der Waals surface area contributed by atoms with Crippen molar-refractivity contribution in [1.82, 2.24) is 21.1 Å². The van der Waals surface area contributed by atoms with E-state index in [-0.39, 0.29) is 0 Å².